The molecule has 0 bridgehead atoms. The molecule has 0 fully saturated rings. The Bertz CT molecular complexity index is 370. The van der Waals surface area contributed by atoms with Gasteiger partial charge in [-0.15, -0.1) is 11.3 Å². The Kier molecular flexibility index (Phi) is 4.37. The van der Waals surface area contributed by atoms with E-state index < -0.39 is 0 Å². The van der Waals surface area contributed by atoms with Crippen LogP contribution in [-0.4, -0.2) is 19.4 Å². The van der Waals surface area contributed by atoms with Crippen LogP contribution in [0.3, 0.4) is 0 Å². The van der Waals surface area contributed by atoms with Gasteiger partial charge in [-0.1, -0.05) is 11.8 Å². The highest BCUT2D eigenvalue weighted by Gasteiger charge is 2.01. The third kappa shape index (κ3) is 3.33. The van der Waals surface area contributed by atoms with Gasteiger partial charge in [0.15, 0.2) is 5.78 Å². The third-order valence-electron chi connectivity index (χ3n) is 1.66. The minimum atomic E-state index is 0.110. The zero-order chi connectivity index (χ0) is 10.4. The molecule has 0 atom stereocenters. The molecule has 1 rings (SSSR count). The summed E-state index contributed by atoms with van der Waals surface area (Å²) in [6, 6.07) is 3.73. The molecular weight excluding hydrogens is 194 g/mol. The van der Waals surface area contributed by atoms with Crippen molar-refractivity contribution in [2.45, 2.75) is 13.3 Å². The van der Waals surface area contributed by atoms with Gasteiger partial charge in [0.25, 0.3) is 0 Å². The molecule has 0 aliphatic carbocycles. The quantitative estimate of drug-likeness (QED) is 0.466. The number of nitrogens with one attached hydrogen (secondary N) is 1. The van der Waals surface area contributed by atoms with Crippen LogP contribution in [0.1, 0.15) is 27.9 Å². The van der Waals surface area contributed by atoms with Gasteiger partial charge in [-0.3, -0.25) is 4.79 Å². The number of hydrogen-bond donors (Lipinski definition) is 1. The predicted octanol–water partition coefficient (Wildman–Crippen LogP) is 1.91. The Morgan fingerprint density at radius 3 is 2.93 bits per heavy atom. The van der Waals surface area contributed by atoms with Crippen LogP contribution in [0.4, 0.5) is 0 Å². The molecule has 1 aromatic rings. The van der Waals surface area contributed by atoms with Crippen LogP contribution in [0.2, 0.25) is 0 Å². The summed E-state index contributed by atoms with van der Waals surface area (Å²) < 4.78 is 0. The Balaban J connectivity index is 2.58. The summed E-state index contributed by atoms with van der Waals surface area (Å²) in [5, 5.41) is 3.02. The first-order chi connectivity index (χ1) is 6.74. The van der Waals surface area contributed by atoms with E-state index in [0.29, 0.717) is 0 Å². The predicted molar refractivity (Wildman–Crippen MR) is 59.7 cm³/mol. The van der Waals surface area contributed by atoms with Gasteiger partial charge < -0.3 is 5.32 Å². The fraction of sp³-hybridized carbons (Fsp3) is 0.364. The van der Waals surface area contributed by atoms with Gasteiger partial charge in [0.05, 0.1) is 9.75 Å². The monoisotopic (exact) mass is 207 g/mol. The maximum absolute atomic E-state index is 11.0. The van der Waals surface area contributed by atoms with Crippen molar-refractivity contribution in [3.05, 3.63) is 21.9 Å². The van der Waals surface area contributed by atoms with Crippen LogP contribution in [0, 0.1) is 11.8 Å². The lowest BCUT2D eigenvalue weighted by atomic mass is 10.3. The van der Waals surface area contributed by atoms with E-state index in [1.807, 2.05) is 19.2 Å². The van der Waals surface area contributed by atoms with Gasteiger partial charge in [0.2, 0.25) is 0 Å². The van der Waals surface area contributed by atoms with Crippen molar-refractivity contribution in [2.75, 3.05) is 13.6 Å². The molecule has 0 aromatic carbocycles. The summed E-state index contributed by atoms with van der Waals surface area (Å²) in [5.41, 5.74) is 0. The number of ketones is 1. The minimum Gasteiger partial charge on any atom is -0.319 e. The molecule has 0 radical (unpaired) electrons. The van der Waals surface area contributed by atoms with Crippen molar-refractivity contribution in [3.8, 4) is 11.8 Å². The standard InChI is InChI=1S/C11H13NOS/c1-9(13)11-7-6-10(14-11)5-3-4-8-12-2/h6-7,12H,4,8H2,1-2H3. The fourth-order valence-corrected chi connectivity index (χ4v) is 1.71. The molecular formula is C11H13NOS. The smallest absolute Gasteiger partial charge is 0.169 e. The molecule has 1 heterocycles. The Hall–Kier alpha value is -1.11. The number of rotatable bonds is 3. The lowest BCUT2D eigenvalue weighted by Crippen LogP contribution is -2.05. The average molecular weight is 207 g/mol. The van der Waals surface area contributed by atoms with E-state index in [1.165, 1.54) is 11.3 Å². The van der Waals surface area contributed by atoms with E-state index in [1.54, 1.807) is 6.92 Å². The highest BCUT2D eigenvalue weighted by atomic mass is 32.1. The molecule has 0 spiro atoms. The van der Waals surface area contributed by atoms with Crippen LogP contribution in [0.5, 0.6) is 0 Å². The highest BCUT2D eigenvalue weighted by molar-refractivity contribution is 7.14. The maximum Gasteiger partial charge on any atom is 0.169 e. The largest absolute Gasteiger partial charge is 0.319 e. The lowest BCUT2D eigenvalue weighted by Gasteiger charge is -1.86. The van der Waals surface area contributed by atoms with E-state index >= 15 is 0 Å². The molecule has 0 saturated heterocycles. The van der Waals surface area contributed by atoms with Gasteiger partial charge in [-0.2, -0.15) is 0 Å². The molecule has 74 valence electrons. The number of carbonyl (C=O) groups is 1. The van der Waals surface area contributed by atoms with Crippen molar-refractivity contribution in [2.24, 2.45) is 0 Å². The fourth-order valence-electron chi connectivity index (χ4n) is 0.931. The maximum atomic E-state index is 11.0. The highest BCUT2D eigenvalue weighted by Crippen LogP contribution is 2.15. The molecule has 0 aliphatic heterocycles. The molecule has 0 amide bonds. The summed E-state index contributed by atoms with van der Waals surface area (Å²) in [6.45, 7) is 2.47. The average Bonchev–Trinajstić information content (AvgIpc) is 2.61. The van der Waals surface area contributed by atoms with Gasteiger partial charge in [-0.25, -0.2) is 0 Å². The lowest BCUT2D eigenvalue weighted by molar-refractivity contribution is 0.102. The number of thiophene rings is 1. The van der Waals surface area contributed by atoms with Crippen LogP contribution in [0.25, 0.3) is 0 Å². The second-order valence-corrected chi connectivity index (χ2v) is 3.96. The Morgan fingerprint density at radius 2 is 2.36 bits per heavy atom. The van der Waals surface area contributed by atoms with E-state index in [4.69, 9.17) is 0 Å². The second-order valence-electron chi connectivity index (χ2n) is 2.88. The van der Waals surface area contributed by atoms with Crippen molar-refractivity contribution in [3.63, 3.8) is 0 Å². The summed E-state index contributed by atoms with van der Waals surface area (Å²) >= 11 is 1.46. The number of Topliss-reactive ketones (excluding diaryl/α,β-unsaturated/α-hetero) is 1. The van der Waals surface area contributed by atoms with Gasteiger partial charge in [0, 0.05) is 13.0 Å². The van der Waals surface area contributed by atoms with Gasteiger partial charge in [0.1, 0.15) is 0 Å². The van der Waals surface area contributed by atoms with Crippen LogP contribution in [-0.2, 0) is 0 Å². The molecule has 0 saturated carbocycles. The summed E-state index contributed by atoms with van der Waals surface area (Å²) in [4.78, 5) is 12.7. The normalized spacial score (nSPS) is 9.29. The summed E-state index contributed by atoms with van der Waals surface area (Å²) in [5.74, 6) is 6.18. The zero-order valence-corrected chi connectivity index (χ0v) is 9.20. The molecule has 14 heavy (non-hydrogen) atoms. The Labute approximate surface area is 88.3 Å². The van der Waals surface area contributed by atoms with Crippen molar-refractivity contribution in [1.82, 2.24) is 5.32 Å². The summed E-state index contributed by atoms with van der Waals surface area (Å²) in [7, 11) is 1.90. The number of carbonyl (C=O) groups excluding carboxylic acids is 1. The van der Waals surface area contributed by atoms with Crippen molar-refractivity contribution in [1.29, 1.82) is 0 Å². The van der Waals surface area contributed by atoms with E-state index in [-0.39, 0.29) is 5.78 Å². The van der Waals surface area contributed by atoms with E-state index in [0.717, 1.165) is 22.7 Å². The first kappa shape index (κ1) is 11.0. The Morgan fingerprint density at radius 1 is 1.57 bits per heavy atom. The molecule has 1 N–H and O–H groups in total. The first-order valence-corrected chi connectivity index (χ1v) is 5.30. The third-order valence-corrected chi connectivity index (χ3v) is 2.77. The molecule has 0 aliphatic rings. The van der Waals surface area contributed by atoms with E-state index in [9.17, 15) is 4.79 Å². The number of hydrogen-bond acceptors (Lipinski definition) is 3. The van der Waals surface area contributed by atoms with Crippen molar-refractivity contribution < 1.29 is 4.79 Å². The van der Waals surface area contributed by atoms with Crippen LogP contribution >= 0.6 is 11.3 Å². The summed E-state index contributed by atoms with van der Waals surface area (Å²) in [6.07, 6.45) is 0.837. The van der Waals surface area contributed by atoms with Crippen molar-refractivity contribution >= 4 is 17.1 Å². The molecule has 2 nitrogen and oxygen atoms in total. The van der Waals surface area contributed by atoms with Gasteiger partial charge in [-0.05, 0) is 26.1 Å². The topological polar surface area (TPSA) is 29.1 Å². The molecule has 3 heteroatoms. The van der Waals surface area contributed by atoms with Crippen LogP contribution < -0.4 is 5.32 Å². The second kappa shape index (κ2) is 5.58. The minimum absolute atomic E-state index is 0.110. The van der Waals surface area contributed by atoms with Crippen LogP contribution in [0.15, 0.2) is 12.1 Å². The molecule has 0 unspecified atom stereocenters. The zero-order valence-electron chi connectivity index (χ0n) is 8.39. The first-order valence-electron chi connectivity index (χ1n) is 4.48. The van der Waals surface area contributed by atoms with Gasteiger partial charge >= 0.3 is 0 Å². The van der Waals surface area contributed by atoms with E-state index in [2.05, 4.69) is 17.2 Å². The molecule has 1 aromatic heterocycles. The SMILES string of the molecule is CNCCC#Cc1ccc(C(C)=O)s1.